The van der Waals surface area contributed by atoms with E-state index >= 15 is 0 Å². The highest BCUT2D eigenvalue weighted by atomic mass is 19.1. The van der Waals surface area contributed by atoms with Crippen molar-refractivity contribution in [3.8, 4) is 0 Å². The normalized spacial score (nSPS) is 31.9. The highest BCUT2D eigenvalue weighted by Gasteiger charge is 2.48. The maximum absolute atomic E-state index is 14.1. The molecule has 5 heteroatoms. The monoisotopic (exact) mass is 198 g/mol. The lowest BCUT2D eigenvalue weighted by atomic mass is 9.77. The van der Waals surface area contributed by atoms with E-state index in [2.05, 4.69) is 10.1 Å². The fourth-order valence-corrected chi connectivity index (χ4v) is 1.90. The third kappa shape index (κ3) is 1.32. The smallest absolute Gasteiger partial charge is 0.172 e. The van der Waals surface area contributed by atoms with Crippen LogP contribution in [-0.4, -0.2) is 20.8 Å². The van der Waals surface area contributed by atoms with E-state index in [4.69, 9.17) is 5.73 Å². The Bertz CT molecular complexity index is 327. The van der Waals surface area contributed by atoms with E-state index in [0.29, 0.717) is 18.7 Å². The number of nitrogens with zero attached hydrogens (tertiary/aromatic N) is 3. The van der Waals surface area contributed by atoms with Crippen LogP contribution in [0.2, 0.25) is 0 Å². The first-order valence-electron chi connectivity index (χ1n) is 4.87. The van der Waals surface area contributed by atoms with Crippen molar-refractivity contribution in [3.63, 3.8) is 0 Å². The fraction of sp³-hybridized carbons (Fsp3) is 0.778. The predicted octanol–water partition coefficient (Wildman–Crippen LogP) is 1.14. The van der Waals surface area contributed by atoms with Gasteiger partial charge in [-0.2, -0.15) is 5.10 Å². The van der Waals surface area contributed by atoms with Crippen molar-refractivity contribution in [2.75, 3.05) is 0 Å². The summed E-state index contributed by atoms with van der Waals surface area (Å²) in [6.07, 6.45) is 2.12. The third-order valence-corrected chi connectivity index (χ3v) is 2.63. The molecule has 0 radical (unpaired) electrons. The molecule has 0 saturated heterocycles. The first-order valence-corrected chi connectivity index (χ1v) is 4.87. The van der Waals surface area contributed by atoms with E-state index in [0.717, 1.165) is 0 Å². The largest absolute Gasteiger partial charge is 0.327 e. The lowest BCUT2D eigenvalue weighted by molar-refractivity contribution is 0.0252. The Labute approximate surface area is 82.3 Å². The molecule has 2 N–H and O–H groups in total. The summed E-state index contributed by atoms with van der Waals surface area (Å²) in [7, 11) is 0. The summed E-state index contributed by atoms with van der Waals surface area (Å²) in [4.78, 5) is 3.99. The lowest BCUT2D eigenvalue weighted by Gasteiger charge is -2.38. The van der Waals surface area contributed by atoms with Crippen LogP contribution in [0.25, 0.3) is 0 Å². The van der Waals surface area contributed by atoms with Crippen LogP contribution in [0, 0.1) is 0 Å². The zero-order valence-electron chi connectivity index (χ0n) is 8.44. The Morgan fingerprint density at radius 3 is 2.79 bits per heavy atom. The molecular weight excluding hydrogens is 183 g/mol. The van der Waals surface area contributed by atoms with E-state index in [9.17, 15) is 4.39 Å². The highest BCUT2D eigenvalue weighted by Crippen LogP contribution is 2.43. The molecule has 14 heavy (non-hydrogen) atoms. The SMILES string of the molecule is CC(C)n1ncnc1C1(F)CC(N)C1. The van der Waals surface area contributed by atoms with Gasteiger partial charge in [-0.3, -0.25) is 0 Å². The van der Waals surface area contributed by atoms with Crippen molar-refractivity contribution in [3.05, 3.63) is 12.2 Å². The van der Waals surface area contributed by atoms with Gasteiger partial charge in [0.15, 0.2) is 11.5 Å². The quantitative estimate of drug-likeness (QED) is 0.775. The van der Waals surface area contributed by atoms with Crippen LogP contribution >= 0.6 is 0 Å². The predicted molar refractivity (Wildman–Crippen MR) is 50.4 cm³/mol. The second-order valence-corrected chi connectivity index (χ2v) is 4.26. The minimum Gasteiger partial charge on any atom is -0.327 e. The summed E-state index contributed by atoms with van der Waals surface area (Å²) in [6, 6.07) is 0.106. The number of alkyl halides is 1. The molecular formula is C9H15FN4. The van der Waals surface area contributed by atoms with Gasteiger partial charge >= 0.3 is 0 Å². The molecule has 1 saturated carbocycles. The van der Waals surface area contributed by atoms with Crippen LogP contribution in [0.3, 0.4) is 0 Å². The number of rotatable bonds is 2. The van der Waals surface area contributed by atoms with Gasteiger partial charge in [-0.05, 0) is 13.8 Å². The maximum atomic E-state index is 14.1. The molecule has 0 bridgehead atoms. The fourth-order valence-electron chi connectivity index (χ4n) is 1.90. The molecule has 1 fully saturated rings. The number of nitrogens with two attached hydrogens (primary N) is 1. The van der Waals surface area contributed by atoms with Gasteiger partial charge in [0.25, 0.3) is 0 Å². The average Bonchev–Trinajstić information content (AvgIpc) is 2.48. The highest BCUT2D eigenvalue weighted by molar-refractivity contribution is 5.11. The summed E-state index contributed by atoms with van der Waals surface area (Å²) < 4.78 is 15.8. The van der Waals surface area contributed by atoms with Crippen LogP contribution in [-0.2, 0) is 5.67 Å². The maximum Gasteiger partial charge on any atom is 0.172 e. The number of aromatic nitrogens is 3. The first kappa shape index (κ1) is 9.58. The van der Waals surface area contributed by atoms with Gasteiger partial charge in [0.1, 0.15) is 6.33 Å². The molecule has 78 valence electrons. The molecule has 0 amide bonds. The minimum atomic E-state index is -1.35. The van der Waals surface area contributed by atoms with Gasteiger partial charge in [0.2, 0.25) is 0 Å². The van der Waals surface area contributed by atoms with Crippen molar-refractivity contribution < 1.29 is 4.39 Å². The molecule has 1 heterocycles. The van der Waals surface area contributed by atoms with Gasteiger partial charge in [-0.25, -0.2) is 14.1 Å². The van der Waals surface area contributed by atoms with Crippen LogP contribution in [0.5, 0.6) is 0 Å². The third-order valence-electron chi connectivity index (χ3n) is 2.63. The van der Waals surface area contributed by atoms with E-state index < -0.39 is 5.67 Å². The molecule has 0 aliphatic heterocycles. The minimum absolute atomic E-state index is 0.0303. The summed E-state index contributed by atoms with van der Waals surface area (Å²) in [5.74, 6) is 0.425. The van der Waals surface area contributed by atoms with Gasteiger partial charge < -0.3 is 5.73 Å². The Kier molecular flexibility index (Phi) is 2.06. The second kappa shape index (κ2) is 3.02. The van der Waals surface area contributed by atoms with Crippen molar-refractivity contribution in [1.82, 2.24) is 14.8 Å². The molecule has 1 aliphatic rings. The summed E-state index contributed by atoms with van der Waals surface area (Å²) in [5, 5.41) is 4.01. The summed E-state index contributed by atoms with van der Waals surface area (Å²) >= 11 is 0. The van der Waals surface area contributed by atoms with Crippen LogP contribution in [0.15, 0.2) is 6.33 Å². The second-order valence-electron chi connectivity index (χ2n) is 4.26. The molecule has 1 aromatic heterocycles. The number of hydrogen-bond acceptors (Lipinski definition) is 3. The Morgan fingerprint density at radius 1 is 1.64 bits per heavy atom. The van der Waals surface area contributed by atoms with Crippen molar-refractivity contribution in [2.45, 2.75) is 44.4 Å². The van der Waals surface area contributed by atoms with Crippen molar-refractivity contribution in [1.29, 1.82) is 0 Å². The molecule has 1 aromatic rings. The zero-order chi connectivity index (χ0) is 10.3. The standard InChI is InChI=1S/C9H15FN4/c1-6(2)14-8(12-5-13-14)9(10)3-7(11)4-9/h5-7H,3-4,11H2,1-2H3. The van der Waals surface area contributed by atoms with Crippen LogP contribution in [0.1, 0.15) is 38.6 Å². The molecule has 2 rings (SSSR count). The number of hydrogen-bond donors (Lipinski definition) is 1. The van der Waals surface area contributed by atoms with E-state index in [-0.39, 0.29) is 12.1 Å². The molecule has 0 spiro atoms. The number of halogens is 1. The van der Waals surface area contributed by atoms with Gasteiger partial charge in [-0.1, -0.05) is 0 Å². The molecule has 0 atom stereocenters. The first-order chi connectivity index (χ1) is 6.53. The van der Waals surface area contributed by atoms with E-state index in [1.165, 1.54) is 6.33 Å². The average molecular weight is 198 g/mol. The Balaban J connectivity index is 2.28. The van der Waals surface area contributed by atoms with Gasteiger partial charge in [0, 0.05) is 24.9 Å². The summed E-state index contributed by atoms with van der Waals surface area (Å²) in [6.45, 7) is 3.92. The van der Waals surface area contributed by atoms with Gasteiger partial charge in [0.05, 0.1) is 0 Å². The molecule has 4 nitrogen and oxygen atoms in total. The van der Waals surface area contributed by atoms with Crippen molar-refractivity contribution >= 4 is 0 Å². The van der Waals surface area contributed by atoms with Crippen LogP contribution < -0.4 is 5.73 Å². The molecule has 0 unspecified atom stereocenters. The van der Waals surface area contributed by atoms with E-state index in [1.54, 1.807) is 4.68 Å². The van der Waals surface area contributed by atoms with Crippen LogP contribution in [0.4, 0.5) is 4.39 Å². The van der Waals surface area contributed by atoms with Crippen molar-refractivity contribution in [2.24, 2.45) is 5.73 Å². The molecule has 0 aromatic carbocycles. The Morgan fingerprint density at radius 2 is 2.29 bits per heavy atom. The van der Waals surface area contributed by atoms with Gasteiger partial charge in [-0.15, -0.1) is 0 Å². The van der Waals surface area contributed by atoms with E-state index in [1.807, 2.05) is 13.8 Å². The summed E-state index contributed by atoms with van der Waals surface area (Å²) in [5.41, 5.74) is 4.24. The Hall–Kier alpha value is -0.970. The zero-order valence-corrected chi connectivity index (χ0v) is 8.44. The lowest BCUT2D eigenvalue weighted by Crippen LogP contribution is -2.47. The topological polar surface area (TPSA) is 56.7 Å². The molecule has 1 aliphatic carbocycles.